The molecule has 0 saturated carbocycles. The summed E-state index contributed by atoms with van der Waals surface area (Å²) in [6.45, 7) is 6.32. The third-order valence-electron chi connectivity index (χ3n) is 5.57. The van der Waals surface area contributed by atoms with Crippen molar-refractivity contribution in [3.8, 4) is 0 Å². The van der Waals surface area contributed by atoms with Crippen LogP contribution in [0, 0.1) is 12.8 Å². The molecule has 0 bridgehead atoms. The summed E-state index contributed by atoms with van der Waals surface area (Å²) in [5.74, 6) is 0.383. The van der Waals surface area contributed by atoms with Crippen molar-refractivity contribution in [3.05, 3.63) is 46.9 Å². The van der Waals surface area contributed by atoms with Crippen molar-refractivity contribution >= 4 is 27.5 Å². The van der Waals surface area contributed by atoms with Gasteiger partial charge in [-0.2, -0.15) is 4.31 Å². The number of rotatable bonds is 6. The van der Waals surface area contributed by atoms with E-state index in [-0.39, 0.29) is 16.9 Å². The number of hydrogen-bond donors (Lipinski definition) is 1. The highest BCUT2D eigenvalue weighted by Crippen LogP contribution is 2.25. The van der Waals surface area contributed by atoms with Crippen molar-refractivity contribution in [2.45, 2.75) is 50.6 Å². The van der Waals surface area contributed by atoms with Gasteiger partial charge in [0.05, 0.1) is 0 Å². The summed E-state index contributed by atoms with van der Waals surface area (Å²) >= 11 is 6.25. The molecule has 3 rings (SSSR count). The van der Waals surface area contributed by atoms with Crippen molar-refractivity contribution in [1.82, 2.24) is 19.2 Å². The smallest absolute Gasteiger partial charge is 0.262 e. The molecular weight excluding hydrogens is 424 g/mol. The standard InChI is InChI=1S/C21H29ClN4O3S/c1-15-23-19(14-25(15)4)30(28,29)26-11-9-16(10-12-26)20(27)24-21(2,3)13-17-7-5-6-8-18(17)22/h5-8,14,16H,9-13H2,1-4H3,(H,24,27). The Hall–Kier alpha value is -1.90. The number of hydrogen-bond acceptors (Lipinski definition) is 4. The van der Waals surface area contributed by atoms with E-state index in [1.54, 1.807) is 18.5 Å². The van der Waals surface area contributed by atoms with Crippen LogP contribution in [0.15, 0.2) is 35.5 Å². The van der Waals surface area contributed by atoms with Crippen LogP contribution < -0.4 is 5.32 Å². The van der Waals surface area contributed by atoms with Gasteiger partial charge in [-0.25, -0.2) is 13.4 Å². The highest BCUT2D eigenvalue weighted by molar-refractivity contribution is 7.89. The normalized spacial score (nSPS) is 16.6. The highest BCUT2D eigenvalue weighted by Gasteiger charge is 2.35. The first-order valence-corrected chi connectivity index (χ1v) is 11.9. The molecule has 30 heavy (non-hydrogen) atoms. The second-order valence-corrected chi connectivity index (χ2v) is 10.8. The van der Waals surface area contributed by atoms with Crippen LogP contribution in [0.25, 0.3) is 0 Å². The molecule has 1 aliphatic rings. The molecule has 1 aromatic heterocycles. The quantitative estimate of drug-likeness (QED) is 0.730. The Balaban J connectivity index is 1.59. The predicted octanol–water partition coefficient (Wildman–Crippen LogP) is 2.92. The van der Waals surface area contributed by atoms with Crippen molar-refractivity contribution in [3.63, 3.8) is 0 Å². The maximum atomic E-state index is 12.8. The molecule has 1 fully saturated rings. The lowest BCUT2D eigenvalue weighted by molar-refractivity contribution is -0.127. The average Bonchev–Trinajstić information content (AvgIpc) is 3.03. The van der Waals surface area contributed by atoms with E-state index < -0.39 is 15.6 Å². The first-order chi connectivity index (χ1) is 14.0. The number of benzene rings is 1. The fourth-order valence-electron chi connectivity index (χ4n) is 3.74. The number of carbonyl (C=O) groups is 1. The van der Waals surface area contributed by atoms with E-state index in [4.69, 9.17) is 11.6 Å². The third-order valence-corrected chi connectivity index (χ3v) is 7.71. The van der Waals surface area contributed by atoms with E-state index in [1.165, 1.54) is 10.5 Å². The predicted molar refractivity (Wildman–Crippen MR) is 117 cm³/mol. The van der Waals surface area contributed by atoms with Gasteiger partial charge in [-0.1, -0.05) is 29.8 Å². The molecule has 0 spiro atoms. The maximum absolute atomic E-state index is 12.8. The van der Waals surface area contributed by atoms with Gasteiger partial charge in [0.25, 0.3) is 10.0 Å². The fourth-order valence-corrected chi connectivity index (χ4v) is 5.44. The molecule has 1 aliphatic heterocycles. The van der Waals surface area contributed by atoms with Crippen LogP contribution in [0.5, 0.6) is 0 Å². The van der Waals surface area contributed by atoms with E-state index in [0.717, 1.165) is 5.56 Å². The van der Waals surface area contributed by atoms with Gasteiger partial charge in [0.2, 0.25) is 5.91 Å². The van der Waals surface area contributed by atoms with Crippen LogP contribution in [0.4, 0.5) is 0 Å². The van der Waals surface area contributed by atoms with Gasteiger partial charge in [0, 0.05) is 42.8 Å². The number of amides is 1. The highest BCUT2D eigenvalue weighted by atomic mass is 35.5. The number of aromatic nitrogens is 2. The van der Waals surface area contributed by atoms with Crippen LogP contribution in [0.3, 0.4) is 0 Å². The topological polar surface area (TPSA) is 84.3 Å². The first kappa shape index (κ1) is 22.8. The molecular formula is C21H29ClN4O3S. The number of piperidine rings is 1. The molecule has 0 radical (unpaired) electrons. The summed E-state index contributed by atoms with van der Waals surface area (Å²) in [7, 11) is -1.87. The van der Waals surface area contributed by atoms with Crippen molar-refractivity contribution in [2.75, 3.05) is 13.1 Å². The molecule has 9 heteroatoms. The Bertz CT molecular complexity index is 1010. The van der Waals surface area contributed by atoms with Gasteiger partial charge in [-0.15, -0.1) is 0 Å². The van der Waals surface area contributed by atoms with Crippen LogP contribution >= 0.6 is 11.6 Å². The summed E-state index contributed by atoms with van der Waals surface area (Å²) in [5.41, 5.74) is 0.521. The lowest BCUT2D eigenvalue weighted by Gasteiger charge is -2.33. The van der Waals surface area contributed by atoms with Crippen LogP contribution in [-0.4, -0.2) is 46.8 Å². The Morgan fingerprint density at radius 1 is 1.27 bits per heavy atom. The number of sulfonamides is 1. The van der Waals surface area contributed by atoms with E-state index in [0.29, 0.717) is 43.2 Å². The lowest BCUT2D eigenvalue weighted by Crippen LogP contribution is -2.50. The zero-order chi connectivity index (χ0) is 22.1. The van der Waals surface area contributed by atoms with Gasteiger partial charge < -0.3 is 9.88 Å². The second kappa shape index (κ2) is 8.69. The third kappa shape index (κ3) is 5.04. The fraction of sp³-hybridized carbons (Fsp3) is 0.524. The molecule has 164 valence electrons. The van der Waals surface area contributed by atoms with Crippen molar-refractivity contribution < 1.29 is 13.2 Å². The van der Waals surface area contributed by atoms with Crippen LogP contribution in [-0.2, 0) is 28.3 Å². The summed E-state index contributed by atoms with van der Waals surface area (Å²) in [6, 6.07) is 7.61. The second-order valence-electron chi connectivity index (χ2n) is 8.56. The molecule has 0 atom stereocenters. The molecule has 7 nitrogen and oxygen atoms in total. The van der Waals surface area contributed by atoms with Crippen molar-refractivity contribution in [2.24, 2.45) is 13.0 Å². The number of aryl methyl sites for hydroxylation is 2. The molecule has 1 N–H and O–H groups in total. The molecule has 2 aromatic rings. The van der Waals surface area contributed by atoms with E-state index in [1.807, 2.05) is 38.1 Å². The lowest BCUT2D eigenvalue weighted by atomic mass is 9.91. The maximum Gasteiger partial charge on any atom is 0.262 e. The number of halogens is 1. The van der Waals surface area contributed by atoms with E-state index in [2.05, 4.69) is 10.3 Å². The number of nitrogens with one attached hydrogen (secondary N) is 1. The Morgan fingerprint density at radius 3 is 2.47 bits per heavy atom. The summed E-state index contributed by atoms with van der Waals surface area (Å²) < 4.78 is 28.8. The monoisotopic (exact) mass is 452 g/mol. The molecule has 2 heterocycles. The van der Waals surface area contributed by atoms with Crippen LogP contribution in [0.1, 0.15) is 38.1 Å². The van der Waals surface area contributed by atoms with Crippen LogP contribution in [0.2, 0.25) is 5.02 Å². The summed E-state index contributed by atoms with van der Waals surface area (Å²) in [6.07, 6.45) is 3.11. The molecule has 1 aromatic carbocycles. The molecule has 0 aliphatic carbocycles. The molecule has 1 saturated heterocycles. The average molecular weight is 453 g/mol. The number of nitrogens with zero attached hydrogens (tertiary/aromatic N) is 3. The minimum atomic E-state index is -3.64. The number of carbonyl (C=O) groups excluding carboxylic acids is 1. The van der Waals surface area contributed by atoms with Gasteiger partial charge in [0.15, 0.2) is 5.03 Å². The largest absolute Gasteiger partial charge is 0.351 e. The van der Waals surface area contributed by atoms with Gasteiger partial charge >= 0.3 is 0 Å². The SMILES string of the molecule is Cc1nc(S(=O)(=O)N2CCC(C(=O)NC(C)(C)Cc3ccccc3Cl)CC2)cn1C. The minimum absolute atomic E-state index is 0.0437. The Morgan fingerprint density at radius 2 is 1.90 bits per heavy atom. The Kier molecular flexibility index (Phi) is 6.60. The van der Waals surface area contributed by atoms with Gasteiger partial charge in [-0.3, -0.25) is 4.79 Å². The molecule has 0 unspecified atom stereocenters. The van der Waals surface area contributed by atoms with Crippen molar-refractivity contribution in [1.29, 1.82) is 0 Å². The zero-order valence-electron chi connectivity index (χ0n) is 17.9. The van der Waals surface area contributed by atoms with Gasteiger partial charge in [0.1, 0.15) is 5.82 Å². The van der Waals surface area contributed by atoms with E-state index in [9.17, 15) is 13.2 Å². The summed E-state index contributed by atoms with van der Waals surface area (Å²) in [5, 5.41) is 3.86. The van der Waals surface area contributed by atoms with E-state index >= 15 is 0 Å². The first-order valence-electron chi connectivity index (χ1n) is 10.1. The Labute approximate surface area is 183 Å². The zero-order valence-corrected chi connectivity index (χ0v) is 19.4. The minimum Gasteiger partial charge on any atom is -0.351 e. The van der Waals surface area contributed by atoms with Gasteiger partial charge in [-0.05, 0) is 51.7 Å². The number of imidazole rings is 1. The molecule has 1 amide bonds. The summed E-state index contributed by atoms with van der Waals surface area (Å²) in [4.78, 5) is 17.0.